The molecule has 0 bridgehead atoms. The van der Waals surface area contributed by atoms with Gasteiger partial charge in [-0.05, 0) is 49.2 Å². The molecule has 0 spiro atoms. The summed E-state index contributed by atoms with van der Waals surface area (Å²) >= 11 is 7.24. The molecule has 1 N–H and O–H groups in total. The van der Waals surface area contributed by atoms with Crippen molar-refractivity contribution in [2.24, 2.45) is 0 Å². The Morgan fingerprint density at radius 1 is 1.26 bits per heavy atom. The Bertz CT molecular complexity index is 751. The Labute approximate surface area is 141 Å². The lowest BCUT2D eigenvalue weighted by Crippen LogP contribution is -2.36. The third-order valence-electron chi connectivity index (χ3n) is 3.60. The van der Waals surface area contributed by atoms with Gasteiger partial charge in [-0.1, -0.05) is 17.7 Å². The van der Waals surface area contributed by atoms with Gasteiger partial charge in [0, 0.05) is 22.0 Å². The second kappa shape index (κ2) is 6.47. The minimum Gasteiger partial charge on any atom is -0.324 e. The highest BCUT2D eigenvalue weighted by atomic mass is 35.5. The van der Waals surface area contributed by atoms with E-state index < -0.39 is 17.7 Å². The zero-order chi connectivity index (χ0) is 16.6. The van der Waals surface area contributed by atoms with Crippen LogP contribution in [0.5, 0.6) is 0 Å². The van der Waals surface area contributed by atoms with E-state index >= 15 is 0 Å². The molecule has 1 heterocycles. The van der Waals surface area contributed by atoms with E-state index in [4.69, 9.17) is 11.6 Å². The lowest BCUT2D eigenvalue weighted by Gasteiger charge is -2.24. The van der Waals surface area contributed by atoms with E-state index in [1.807, 2.05) is 0 Å². The van der Waals surface area contributed by atoms with E-state index in [9.17, 15) is 13.6 Å². The topological polar surface area (TPSA) is 32.3 Å². The van der Waals surface area contributed by atoms with Crippen LogP contribution in [0.15, 0.2) is 41.3 Å². The van der Waals surface area contributed by atoms with Crippen molar-refractivity contribution < 1.29 is 13.6 Å². The lowest BCUT2D eigenvalue weighted by molar-refractivity contribution is -0.119. The number of carbonyl (C=O) groups is 1. The molecule has 23 heavy (non-hydrogen) atoms. The minimum atomic E-state index is -0.631. The Balaban J connectivity index is 1.96. The number of halogens is 3. The number of carbonyl (C=O) groups excluding carboxylic acids is 1. The van der Waals surface area contributed by atoms with Gasteiger partial charge in [-0.15, -0.1) is 0 Å². The van der Waals surface area contributed by atoms with Gasteiger partial charge in [0.1, 0.15) is 11.6 Å². The second-order valence-electron chi connectivity index (χ2n) is 5.17. The predicted molar refractivity (Wildman–Crippen MR) is 87.3 cm³/mol. The van der Waals surface area contributed by atoms with Crippen LogP contribution < -0.4 is 5.32 Å². The van der Waals surface area contributed by atoms with Crippen LogP contribution in [-0.2, 0) is 11.3 Å². The van der Waals surface area contributed by atoms with E-state index in [1.54, 1.807) is 29.4 Å². The number of fused-ring (bicyclic) bond motifs is 1. The first kappa shape index (κ1) is 16.2. The highest BCUT2D eigenvalue weighted by Gasteiger charge is 2.29. The average molecular weight is 355 g/mol. The normalized spacial score (nSPS) is 18.3. The number of rotatable bonds is 2. The summed E-state index contributed by atoms with van der Waals surface area (Å²) in [7, 11) is 0. The zero-order valence-corrected chi connectivity index (χ0v) is 13.7. The summed E-state index contributed by atoms with van der Waals surface area (Å²) in [6.07, 6.45) is 0. The van der Waals surface area contributed by atoms with Gasteiger partial charge in [0.25, 0.3) is 0 Å². The second-order valence-corrected chi connectivity index (χ2v) is 6.70. The van der Waals surface area contributed by atoms with Crippen LogP contribution >= 0.6 is 23.5 Å². The maximum Gasteiger partial charge on any atom is 0.242 e. The Morgan fingerprint density at radius 3 is 2.65 bits per heavy atom. The third-order valence-corrected chi connectivity index (χ3v) is 5.05. The van der Waals surface area contributed by atoms with Crippen LogP contribution in [0.4, 0.5) is 14.5 Å². The Morgan fingerprint density at radius 2 is 1.96 bits per heavy atom. The molecule has 7 heteroatoms. The fraction of sp³-hybridized carbons (Fsp3) is 0.188. The van der Waals surface area contributed by atoms with E-state index in [2.05, 4.69) is 5.32 Å². The summed E-state index contributed by atoms with van der Waals surface area (Å²) in [5, 5.41) is 3.32. The van der Waals surface area contributed by atoms with E-state index in [0.717, 1.165) is 4.90 Å². The van der Waals surface area contributed by atoms with Gasteiger partial charge >= 0.3 is 0 Å². The molecule has 120 valence electrons. The Hall–Kier alpha value is -1.63. The molecule has 3 nitrogen and oxygen atoms in total. The molecule has 1 unspecified atom stereocenters. The molecular weight excluding hydrogens is 342 g/mol. The minimum absolute atomic E-state index is 0.0380. The van der Waals surface area contributed by atoms with Crippen LogP contribution in [0.25, 0.3) is 0 Å². The van der Waals surface area contributed by atoms with E-state index in [-0.39, 0.29) is 18.0 Å². The zero-order valence-electron chi connectivity index (χ0n) is 12.1. The van der Waals surface area contributed by atoms with Crippen LogP contribution in [0, 0.1) is 11.6 Å². The van der Waals surface area contributed by atoms with E-state index in [0.29, 0.717) is 10.7 Å². The number of anilines is 1. The maximum absolute atomic E-state index is 13.9. The van der Waals surface area contributed by atoms with Crippen molar-refractivity contribution in [2.75, 3.05) is 5.32 Å². The van der Waals surface area contributed by atoms with Crippen LogP contribution in [-0.4, -0.2) is 16.3 Å². The number of amides is 1. The summed E-state index contributed by atoms with van der Waals surface area (Å²) in [6, 6.07) is 8.26. The van der Waals surface area contributed by atoms with Crippen LogP contribution in [0.1, 0.15) is 12.5 Å². The molecular formula is C16H13ClF2N2OS. The summed E-state index contributed by atoms with van der Waals surface area (Å²) in [4.78, 5) is 13.0. The van der Waals surface area contributed by atoms with Crippen molar-refractivity contribution in [3.63, 3.8) is 0 Å². The Kier molecular flexibility index (Phi) is 4.57. The molecule has 0 aliphatic carbocycles. The lowest BCUT2D eigenvalue weighted by atomic mass is 10.2. The quantitative estimate of drug-likeness (QED) is 0.808. The number of hydrogen-bond acceptors (Lipinski definition) is 3. The average Bonchev–Trinajstić information content (AvgIpc) is 2.61. The molecule has 0 radical (unpaired) electrons. The number of benzene rings is 2. The fourth-order valence-electron chi connectivity index (χ4n) is 2.26. The fourth-order valence-corrected chi connectivity index (χ4v) is 3.59. The van der Waals surface area contributed by atoms with Crippen molar-refractivity contribution in [3.8, 4) is 0 Å². The third kappa shape index (κ3) is 3.34. The van der Waals surface area contributed by atoms with Gasteiger partial charge in [-0.2, -0.15) is 0 Å². The van der Waals surface area contributed by atoms with Crippen molar-refractivity contribution in [3.05, 3.63) is 58.6 Å². The van der Waals surface area contributed by atoms with Crippen molar-refractivity contribution >= 4 is 35.1 Å². The first-order chi connectivity index (χ1) is 11.0. The highest BCUT2D eigenvalue weighted by molar-refractivity contribution is 7.97. The smallest absolute Gasteiger partial charge is 0.242 e. The molecule has 0 saturated heterocycles. The number of hydrogen-bond donors (Lipinski definition) is 1. The van der Waals surface area contributed by atoms with Crippen molar-refractivity contribution in [2.45, 2.75) is 24.4 Å². The van der Waals surface area contributed by atoms with Crippen LogP contribution in [0.2, 0.25) is 5.02 Å². The summed E-state index contributed by atoms with van der Waals surface area (Å²) in [5.41, 5.74) is 0.567. The SMILES string of the molecule is CC1C(=O)Nc2ccc(Cl)cc2SN1Cc1c(F)cccc1F. The van der Waals surface area contributed by atoms with Gasteiger partial charge in [0.15, 0.2) is 0 Å². The van der Waals surface area contributed by atoms with Crippen molar-refractivity contribution in [1.29, 1.82) is 0 Å². The molecule has 2 aromatic carbocycles. The molecule has 1 atom stereocenters. The monoisotopic (exact) mass is 354 g/mol. The highest BCUT2D eigenvalue weighted by Crippen LogP contribution is 2.37. The van der Waals surface area contributed by atoms with E-state index in [1.165, 1.54) is 30.1 Å². The van der Waals surface area contributed by atoms with Gasteiger partial charge in [-0.25, -0.2) is 13.1 Å². The number of nitrogens with zero attached hydrogens (tertiary/aromatic N) is 1. The molecule has 3 rings (SSSR count). The van der Waals surface area contributed by atoms with Gasteiger partial charge < -0.3 is 5.32 Å². The van der Waals surface area contributed by atoms with Crippen molar-refractivity contribution in [1.82, 2.24) is 4.31 Å². The van der Waals surface area contributed by atoms with Crippen LogP contribution in [0.3, 0.4) is 0 Å². The molecule has 1 aliphatic heterocycles. The molecule has 0 aromatic heterocycles. The molecule has 2 aromatic rings. The number of nitrogens with one attached hydrogen (secondary N) is 1. The first-order valence-electron chi connectivity index (χ1n) is 6.93. The summed E-state index contributed by atoms with van der Waals surface area (Å²) in [5.74, 6) is -1.50. The maximum atomic E-state index is 13.9. The van der Waals surface area contributed by atoms with Gasteiger partial charge in [0.2, 0.25) is 5.91 Å². The summed E-state index contributed by atoms with van der Waals surface area (Å²) in [6.45, 7) is 1.65. The summed E-state index contributed by atoms with van der Waals surface area (Å²) < 4.78 is 29.4. The first-order valence-corrected chi connectivity index (χ1v) is 8.09. The standard InChI is InChI=1S/C16H13ClF2N2OS/c1-9-16(22)20-14-6-5-10(17)7-15(14)23-21(9)8-11-12(18)3-2-4-13(11)19/h2-7,9H,8H2,1H3,(H,20,22). The predicted octanol–water partition coefficient (Wildman–Crippen LogP) is 4.47. The van der Waals surface area contributed by atoms with Gasteiger partial charge in [-0.3, -0.25) is 4.79 Å². The van der Waals surface area contributed by atoms with Gasteiger partial charge in [0.05, 0.1) is 11.7 Å². The molecule has 0 fully saturated rings. The largest absolute Gasteiger partial charge is 0.324 e. The molecule has 1 aliphatic rings. The molecule has 1 amide bonds. The molecule has 0 saturated carbocycles.